The molecule has 8 nitrogen and oxygen atoms in total. The van der Waals surface area contributed by atoms with Gasteiger partial charge >= 0.3 is 0 Å². The van der Waals surface area contributed by atoms with Gasteiger partial charge in [0.1, 0.15) is 12.1 Å². The fourth-order valence-electron chi connectivity index (χ4n) is 6.41. The molecule has 0 saturated heterocycles. The summed E-state index contributed by atoms with van der Waals surface area (Å²) in [5.41, 5.74) is 5.98. The number of anilines is 2. The quantitative estimate of drug-likeness (QED) is 0.103. The fourth-order valence-corrected chi connectivity index (χ4v) is 6.41. The van der Waals surface area contributed by atoms with Crippen molar-refractivity contribution in [1.82, 2.24) is 10.6 Å². The summed E-state index contributed by atoms with van der Waals surface area (Å²) < 4.78 is 0. The molecule has 0 aliphatic carbocycles. The molecule has 2 atom stereocenters. The van der Waals surface area contributed by atoms with E-state index in [1.165, 1.54) is 0 Å². The van der Waals surface area contributed by atoms with Crippen LogP contribution in [0.2, 0.25) is 0 Å². The molecule has 2 amide bonds. The van der Waals surface area contributed by atoms with Gasteiger partial charge in [-0.05, 0) is 48.9 Å². The maximum atomic E-state index is 13.5. The first kappa shape index (κ1) is 38.1. The number of nitrogens with one attached hydrogen (secondary N) is 6. The van der Waals surface area contributed by atoms with Crippen LogP contribution < -0.4 is 56.0 Å². The molecule has 0 unspecified atom stereocenters. The highest BCUT2D eigenvalue weighted by molar-refractivity contribution is 6.07. The number of unbranched alkanes of at least 4 members (excludes halogenated alkanes) is 1. The minimum atomic E-state index is -0.403. The number of para-hydroxylation sites is 4. The van der Waals surface area contributed by atoms with Gasteiger partial charge in [-0.15, -0.1) is 0 Å². The predicted molar refractivity (Wildman–Crippen MR) is 196 cm³/mol. The molecule has 4 aromatic carbocycles. The first-order chi connectivity index (χ1) is 23.3. The molecule has 2 heterocycles. The molecule has 10 heteroatoms. The predicted octanol–water partition coefficient (Wildman–Crippen LogP) is 0.521. The van der Waals surface area contributed by atoms with Gasteiger partial charge < -0.3 is 46.1 Å². The second kappa shape index (κ2) is 17.3. The Kier molecular flexibility index (Phi) is 13.2. The van der Waals surface area contributed by atoms with E-state index in [4.69, 9.17) is 0 Å². The average molecular weight is 714 g/mol. The number of aromatic amines is 2. The van der Waals surface area contributed by atoms with Gasteiger partial charge in [0.2, 0.25) is 33.9 Å². The first-order valence-corrected chi connectivity index (χ1v) is 17.1. The van der Waals surface area contributed by atoms with Gasteiger partial charge in [0.05, 0.1) is 32.9 Å². The maximum Gasteiger partial charge on any atom is 0.242 e. The number of benzene rings is 4. The number of halogens is 2. The Balaban J connectivity index is 0.00000281. The standard InChI is InChI=1S/C40H44N6O2.2ClH/c1-25(2)35(45-37-27-15-5-9-19-31(27)43-32-20-10-6-16-28(32)37)39(47)41-23-13-14-24-42-40(48)36(26(3)4)46-38-29-17-7-11-21-33(29)44-34-22-12-8-18-30(34)38;;/h5-12,15-22,25-26,35-36H,13-14,23-24H2,1-4H3,(H,41,47)(H,42,48)(H,43,45)(H,44,46);2*1H/t35-,36-;;/m0../s1. The van der Waals surface area contributed by atoms with E-state index >= 15 is 0 Å². The minimum Gasteiger partial charge on any atom is -1.00 e. The van der Waals surface area contributed by atoms with Gasteiger partial charge in [-0.1, -0.05) is 76.2 Å². The van der Waals surface area contributed by atoms with Crippen molar-refractivity contribution < 1.29 is 44.4 Å². The summed E-state index contributed by atoms with van der Waals surface area (Å²) >= 11 is 0. The number of carbonyl (C=O) groups is 2. The Morgan fingerprint density at radius 3 is 1.06 bits per heavy atom. The molecule has 50 heavy (non-hydrogen) atoms. The highest BCUT2D eigenvalue weighted by atomic mass is 35.5. The topological polar surface area (TPSA) is 111 Å². The molecule has 6 rings (SSSR count). The third kappa shape index (κ3) is 8.37. The normalized spacial score (nSPS) is 12.4. The number of H-pyrrole nitrogens is 2. The largest absolute Gasteiger partial charge is 1.00 e. The summed E-state index contributed by atoms with van der Waals surface area (Å²) in [6.07, 6.45) is 1.51. The zero-order valence-electron chi connectivity index (χ0n) is 28.9. The van der Waals surface area contributed by atoms with E-state index in [2.05, 4.69) is 107 Å². The Bertz CT molecular complexity index is 1830. The van der Waals surface area contributed by atoms with Gasteiger partial charge in [0, 0.05) is 37.4 Å². The van der Waals surface area contributed by atoms with Crippen molar-refractivity contribution in [3.8, 4) is 0 Å². The molecule has 6 N–H and O–H groups in total. The highest BCUT2D eigenvalue weighted by Crippen LogP contribution is 2.31. The third-order valence-corrected chi connectivity index (χ3v) is 9.02. The van der Waals surface area contributed by atoms with Crippen molar-refractivity contribution in [1.29, 1.82) is 0 Å². The Labute approximate surface area is 306 Å². The summed E-state index contributed by atoms with van der Waals surface area (Å²) in [4.78, 5) is 33.9. The number of pyridine rings is 2. The van der Waals surface area contributed by atoms with Crippen LogP contribution in [0, 0.1) is 11.8 Å². The summed E-state index contributed by atoms with van der Waals surface area (Å²) in [5, 5.41) is 17.7. The first-order valence-electron chi connectivity index (χ1n) is 17.1. The Morgan fingerprint density at radius 2 is 0.780 bits per heavy atom. The number of fused-ring (bicyclic) bond motifs is 4. The van der Waals surface area contributed by atoms with E-state index in [0.29, 0.717) is 13.1 Å². The van der Waals surface area contributed by atoms with Crippen LogP contribution in [-0.4, -0.2) is 37.0 Å². The number of hydrogen-bond donors (Lipinski definition) is 4. The molecular weight excluding hydrogens is 667 g/mol. The Hall–Kier alpha value is -4.66. The zero-order valence-corrected chi connectivity index (χ0v) is 30.5. The summed E-state index contributed by atoms with van der Waals surface area (Å²) in [5.74, 6) is 0.0868. The van der Waals surface area contributed by atoms with Crippen molar-refractivity contribution in [3.05, 3.63) is 97.1 Å². The number of hydrogen-bond acceptors (Lipinski definition) is 4. The second-order valence-electron chi connectivity index (χ2n) is 13.2. The molecule has 0 bridgehead atoms. The van der Waals surface area contributed by atoms with Crippen molar-refractivity contribution in [2.24, 2.45) is 11.8 Å². The van der Waals surface area contributed by atoms with Crippen molar-refractivity contribution in [2.75, 3.05) is 23.7 Å². The minimum absolute atomic E-state index is 0. The molecule has 6 aromatic rings. The van der Waals surface area contributed by atoms with E-state index < -0.39 is 12.1 Å². The molecule has 2 aromatic heterocycles. The van der Waals surface area contributed by atoms with E-state index in [-0.39, 0.29) is 48.5 Å². The van der Waals surface area contributed by atoms with Gasteiger partial charge in [-0.3, -0.25) is 9.59 Å². The van der Waals surface area contributed by atoms with Crippen LogP contribution in [-0.2, 0) is 9.59 Å². The monoisotopic (exact) mass is 712 g/mol. The highest BCUT2D eigenvalue weighted by Gasteiger charge is 2.26. The lowest BCUT2D eigenvalue weighted by molar-refractivity contribution is -0.310. The van der Waals surface area contributed by atoms with Crippen molar-refractivity contribution >= 4 is 66.8 Å². The van der Waals surface area contributed by atoms with Crippen LogP contribution in [0.3, 0.4) is 0 Å². The summed E-state index contributed by atoms with van der Waals surface area (Å²) in [6.45, 7) is 9.31. The second-order valence-corrected chi connectivity index (χ2v) is 13.2. The van der Waals surface area contributed by atoms with Crippen LogP contribution in [0.15, 0.2) is 97.1 Å². The lowest BCUT2D eigenvalue weighted by Crippen LogP contribution is -3.00. The van der Waals surface area contributed by atoms with Gasteiger partial charge in [0.15, 0.2) is 0 Å². The number of rotatable bonds is 13. The molecule has 0 spiro atoms. The van der Waals surface area contributed by atoms with E-state index in [1.54, 1.807) is 0 Å². The smallest absolute Gasteiger partial charge is 0.242 e. The van der Waals surface area contributed by atoms with Crippen LogP contribution in [0.4, 0.5) is 11.4 Å². The van der Waals surface area contributed by atoms with Gasteiger partial charge in [0.25, 0.3) is 0 Å². The lowest BCUT2D eigenvalue weighted by Gasteiger charge is -2.24. The molecular formula is C40H46Cl2N6O2. The van der Waals surface area contributed by atoms with Crippen molar-refractivity contribution in [2.45, 2.75) is 52.6 Å². The molecule has 0 aliphatic heterocycles. The maximum absolute atomic E-state index is 13.5. The molecule has 0 aliphatic rings. The fraction of sp³-hybridized carbons (Fsp3) is 0.300. The van der Waals surface area contributed by atoms with Crippen LogP contribution in [0.25, 0.3) is 43.6 Å². The van der Waals surface area contributed by atoms with Crippen LogP contribution >= 0.6 is 0 Å². The van der Waals surface area contributed by atoms with E-state index in [1.807, 2.05) is 48.5 Å². The summed E-state index contributed by atoms with van der Waals surface area (Å²) in [7, 11) is 0. The SMILES string of the molecule is CC(C)[C@H](Nc1c2ccccc2[nH+]c2ccccc12)C(=O)NCCCCNC(=O)[C@@H](Nc1c2ccccc2[nH+]c2ccccc12)C(C)C.[Cl-].[Cl-]. The average Bonchev–Trinajstić information content (AvgIpc) is 3.09. The van der Waals surface area contributed by atoms with Crippen LogP contribution in [0.5, 0.6) is 0 Å². The van der Waals surface area contributed by atoms with E-state index in [0.717, 1.165) is 67.8 Å². The zero-order chi connectivity index (χ0) is 33.6. The Morgan fingerprint density at radius 1 is 0.500 bits per heavy atom. The van der Waals surface area contributed by atoms with Gasteiger partial charge in [-0.25, -0.2) is 9.97 Å². The van der Waals surface area contributed by atoms with E-state index in [9.17, 15) is 9.59 Å². The molecule has 262 valence electrons. The summed E-state index contributed by atoms with van der Waals surface area (Å²) in [6, 6.07) is 31.8. The number of carbonyl (C=O) groups excluding carboxylic acids is 2. The number of amides is 2. The third-order valence-electron chi connectivity index (χ3n) is 9.02. The lowest BCUT2D eigenvalue weighted by atomic mass is 10.0. The molecule has 0 saturated carbocycles. The molecule has 0 radical (unpaired) electrons. The molecule has 0 fully saturated rings. The number of aromatic nitrogens is 2. The van der Waals surface area contributed by atoms with Crippen LogP contribution in [0.1, 0.15) is 40.5 Å². The van der Waals surface area contributed by atoms with Gasteiger partial charge in [-0.2, -0.15) is 0 Å². The van der Waals surface area contributed by atoms with Crippen molar-refractivity contribution in [3.63, 3.8) is 0 Å².